The Hall–Kier alpha value is -2.28. The summed E-state index contributed by atoms with van der Waals surface area (Å²) in [4.78, 5) is -0.184. The van der Waals surface area contributed by atoms with Crippen LogP contribution in [0.2, 0.25) is 0 Å². The Kier molecular flexibility index (Phi) is 8.96. The number of benzene rings is 2. The molecule has 12 heteroatoms. The summed E-state index contributed by atoms with van der Waals surface area (Å²) >= 11 is 0. The lowest BCUT2D eigenvalue weighted by atomic mass is 10.1. The molecule has 1 N–H and O–H groups in total. The van der Waals surface area contributed by atoms with Gasteiger partial charge in [0.2, 0.25) is 15.9 Å². The Morgan fingerprint density at radius 1 is 0.812 bits per heavy atom. The average Bonchev–Trinajstić information content (AvgIpc) is 2.76. The third kappa shape index (κ3) is 7.69. The summed E-state index contributed by atoms with van der Waals surface area (Å²) in [5.41, 5.74) is 0. The first-order chi connectivity index (χ1) is 15.0. The van der Waals surface area contributed by atoms with Gasteiger partial charge in [0.25, 0.3) is 10.1 Å². The van der Waals surface area contributed by atoms with Crippen LogP contribution in [0.4, 0.5) is 8.78 Å². The topological polar surface area (TPSA) is 108 Å². The summed E-state index contributed by atoms with van der Waals surface area (Å²) in [5, 5.41) is 0. The molecule has 0 spiro atoms. The van der Waals surface area contributed by atoms with E-state index in [1.165, 1.54) is 62.8 Å². The van der Waals surface area contributed by atoms with Gasteiger partial charge in [0.05, 0.1) is 30.6 Å². The Bertz CT molecular complexity index is 1070. The minimum absolute atomic E-state index is 0.0119. The molecule has 0 aliphatic rings. The molecule has 0 fully saturated rings. The number of alkyl halides is 2. The van der Waals surface area contributed by atoms with Gasteiger partial charge in [0.1, 0.15) is 11.5 Å². The highest BCUT2D eigenvalue weighted by Gasteiger charge is 2.29. The monoisotopic (exact) mass is 493 g/mol. The van der Waals surface area contributed by atoms with Crippen molar-refractivity contribution in [2.75, 3.05) is 27.4 Å². The van der Waals surface area contributed by atoms with Crippen LogP contribution in [0.5, 0.6) is 11.5 Å². The second kappa shape index (κ2) is 11.0. The predicted octanol–water partition coefficient (Wildman–Crippen LogP) is 3.19. The van der Waals surface area contributed by atoms with Crippen molar-refractivity contribution >= 4 is 20.1 Å². The molecule has 0 saturated heterocycles. The van der Waals surface area contributed by atoms with Crippen molar-refractivity contribution in [3.8, 4) is 11.5 Å². The molecule has 2 aromatic carbocycles. The van der Waals surface area contributed by atoms with Gasteiger partial charge in [0.15, 0.2) is 0 Å². The molecule has 0 aliphatic heterocycles. The van der Waals surface area contributed by atoms with Crippen LogP contribution < -0.4 is 14.2 Å². The second-order valence-corrected chi connectivity index (χ2v) is 10.1. The number of hydrogen-bond donors (Lipinski definition) is 1. The summed E-state index contributed by atoms with van der Waals surface area (Å²) < 4.78 is 93.4. The van der Waals surface area contributed by atoms with E-state index < -0.39 is 45.5 Å². The van der Waals surface area contributed by atoms with Crippen molar-refractivity contribution in [2.24, 2.45) is 0 Å². The molecular weight excluding hydrogens is 468 g/mol. The number of ether oxygens (including phenoxy) is 2. The van der Waals surface area contributed by atoms with Crippen LogP contribution in [0.3, 0.4) is 0 Å². The van der Waals surface area contributed by atoms with E-state index in [2.05, 4.69) is 4.72 Å². The van der Waals surface area contributed by atoms with E-state index in [4.69, 9.17) is 13.7 Å². The molecule has 0 unspecified atom stereocenters. The lowest BCUT2D eigenvalue weighted by Crippen LogP contribution is -2.27. The van der Waals surface area contributed by atoms with Gasteiger partial charge in [-0.15, -0.1) is 0 Å². The number of hydrogen-bond acceptors (Lipinski definition) is 7. The maximum atomic E-state index is 14.0. The fourth-order valence-electron chi connectivity index (χ4n) is 2.63. The third-order valence-corrected chi connectivity index (χ3v) is 7.24. The van der Waals surface area contributed by atoms with Crippen LogP contribution in [0, 0.1) is 0 Å². The van der Waals surface area contributed by atoms with Gasteiger partial charge in [-0.2, -0.15) is 8.42 Å². The average molecular weight is 494 g/mol. The van der Waals surface area contributed by atoms with E-state index >= 15 is 0 Å². The normalized spacial score (nSPS) is 12.5. The summed E-state index contributed by atoms with van der Waals surface area (Å²) in [5.74, 6) is -2.29. The van der Waals surface area contributed by atoms with Crippen LogP contribution in [0.1, 0.15) is 19.3 Å². The quantitative estimate of drug-likeness (QED) is 0.337. The highest BCUT2D eigenvalue weighted by Crippen LogP contribution is 2.26. The van der Waals surface area contributed by atoms with Crippen LogP contribution in [-0.2, 0) is 24.3 Å². The van der Waals surface area contributed by atoms with E-state index in [1.807, 2.05) is 0 Å². The maximum absolute atomic E-state index is 14.0. The molecule has 2 rings (SSSR count). The highest BCUT2D eigenvalue weighted by molar-refractivity contribution is 7.89. The standard InChI is InChI=1S/C20H25F2NO7S2/c1-28-16-4-8-18(9-5-16)31(24,25)23-14-3-12-20(21,22)13-15-30-32(26,27)19-10-6-17(29-2)7-11-19/h4-11,23H,3,12-15H2,1-2H3. The lowest BCUT2D eigenvalue weighted by Gasteiger charge is -2.16. The minimum Gasteiger partial charge on any atom is -0.497 e. The molecule has 0 radical (unpaired) electrons. The molecule has 0 saturated carbocycles. The fraction of sp³-hybridized carbons (Fsp3) is 0.400. The largest absolute Gasteiger partial charge is 0.497 e. The Labute approximate surface area is 186 Å². The van der Waals surface area contributed by atoms with Gasteiger partial charge >= 0.3 is 0 Å². The van der Waals surface area contributed by atoms with Crippen LogP contribution >= 0.6 is 0 Å². The van der Waals surface area contributed by atoms with E-state index in [9.17, 15) is 25.6 Å². The summed E-state index contributed by atoms with van der Waals surface area (Å²) in [6.45, 7) is -0.909. The van der Waals surface area contributed by atoms with Gasteiger partial charge in [-0.3, -0.25) is 4.18 Å². The smallest absolute Gasteiger partial charge is 0.296 e. The molecular formula is C20H25F2NO7S2. The van der Waals surface area contributed by atoms with Gasteiger partial charge in [-0.05, 0) is 55.0 Å². The summed E-state index contributed by atoms with van der Waals surface area (Å²) in [7, 11) is -5.15. The number of sulfonamides is 1. The van der Waals surface area contributed by atoms with Gasteiger partial charge in [-0.1, -0.05) is 0 Å². The molecule has 32 heavy (non-hydrogen) atoms. The Morgan fingerprint density at radius 3 is 1.81 bits per heavy atom. The first-order valence-corrected chi connectivity index (χ1v) is 12.4. The van der Waals surface area contributed by atoms with E-state index in [1.54, 1.807) is 0 Å². The van der Waals surface area contributed by atoms with Crippen molar-refractivity contribution < 1.29 is 39.3 Å². The zero-order valence-corrected chi connectivity index (χ0v) is 19.2. The number of halogens is 2. The molecule has 2 aromatic rings. The van der Waals surface area contributed by atoms with E-state index in [0.29, 0.717) is 11.5 Å². The van der Waals surface area contributed by atoms with Crippen molar-refractivity contribution in [3.63, 3.8) is 0 Å². The number of nitrogens with one attached hydrogen (secondary N) is 1. The van der Waals surface area contributed by atoms with Crippen molar-refractivity contribution in [3.05, 3.63) is 48.5 Å². The molecule has 178 valence electrons. The first kappa shape index (κ1) is 26.0. The predicted molar refractivity (Wildman–Crippen MR) is 113 cm³/mol. The maximum Gasteiger partial charge on any atom is 0.296 e. The van der Waals surface area contributed by atoms with Crippen LogP contribution in [0.25, 0.3) is 0 Å². The molecule has 0 amide bonds. The summed E-state index contributed by atoms with van der Waals surface area (Å²) in [6.07, 6.45) is -1.61. The molecule has 0 bridgehead atoms. The minimum atomic E-state index is -4.18. The summed E-state index contributed by atoms with van der Waals surface area (Å²) in [6, 6.07) is 11.0. The second-order valence-electron chi connectivity index (χ2n) is 6.73. The zero-order valence-electron chi connectivity index (χ0n) is 17.6. The first-order valence-electron chi connectivity index (χ1n) is 9.54. The van der Waals surface area contributed by atoms with E-state index in [0.717, 1.165) is 0 Å². The van der Waals surface area contributed by atoms with Crippen molar-refractivity contribution in [1.82, 2.24) is 4.72 Å². The Morgan fingerprint density at radius 2 is 1.31 bits per heavy atom. The molecule has 8 nitrogen and oxygen atoms in total. The highest BCUT2D eigenvalue weighted by atomic mass is 32.2. The third-order valence-electron chi connectivity index (χ3n) is 4.44. The molecule has 0 aliphatic carbocycles. The fourth-order valence-corrected chi connectivity index (χ4v) is 4.61. The van der Waals surface area contributed by atoms with Crippen LogP contribution in [0.15, 0.2) is 58.3 Å². The SMILES string of the molecule is COc1ccc(S(=O)(=O)NCCCC(F)(F)CCOS(=O)(=O)c2ccc(OC)cc2)cc1. The lowest BCUT2D eigenvalue weighted by molar-refractivity contribution is -0.0269. The molecule has 0 atom stereocenters. The van der Waals surface area contributed by atoms with Gasteiger partial charge in [-0.25, -0.2) is 21.9 Å². The van der Waals surface area contributed by atoms with Gasteiger partial charge in [0, 0.05) is 19.4 Å². The van der Waals surface area contributed by atoms with Crippen LogP contribution in [-0.4, -0.2) is 50.1 Å². The zero-order chi connectivity index (χ0) is 23.8. The number of methoxy groups -OCH3 is 2. The Balaban J connectivity index is 1.78. The van der Waals surface area contributed by atoms with Crippen molar-refractivity contribution in [2.45, 2.75) is 35.0 Å². The molecule has 0 aromatic heterocycles. The number of rotatable bonds is 13. The van der Waals surface area contributed by atoms with Gasteiger partial charge < -0.3 is 9.47 Å². The van der Waals surface area contributed by atoms with E-state index in [-0.39, 0.29) is 22.8 Å². The van der Waals surface area contributed by atoms with Crippen molar-refractivity contribution in [1.29, 1.82) is 0 Å². The molecule has 0 heterocycles.